The molecule has 1 N–H and O–H groups in total. The molecular weight excluding hydrogens is 257 g/mol. The number of fused-ring (bicyclic) bond motifs is 1. The SMILES string of the molecule is O=c1ccc2cccc(NCc3cccc(F)c3)c2o1. The normalized spacial score (nSPS) is 10.7. The minimum absolute atomic E-state index is 0.270. The van der Waals surface area contributed by atoms with Gasteiger partial charge in [0.2, 0.25) is 0 Å². The average molecular weight is 269 g/mol. The topological polar surface area (TPSA) is 42.2 Å². The molecule has 0 spiro atoms. The summed E-state index contributed by atoms with van der Waals surface area (Å²) < 4.78 is 18.3. The molecule has 3 rings (SSSR count). The maximum absolute atomic E-state index is 13.1. The fourth-order valence-corrected chi connectivity index (χ4v) is 2.08. The van der Waals surface area contributed by atoms with E-state index >= 15 is 0 Å². The van der Waals surface area contributed by atoms with Crippen molar-refractivity contribution in [3.63, 3.8) is 0 Å². The van der Waals surface area contributed by atoms with Crippen LogP contribution in [0.4, 0.5) is 10.1 Å². The van der Waals surface area contributed by atoms with E-state index in [9.17, 15) is 9.18 Å². The van der Waals surface area contributed by atoms with Gasteiger partial charge in [0, 0.05) is 18.0 Å². The first-order valence-corrected chi connectivity index (χ1v) is 6.23. The van der Waals surface area contributed by atoms with Crippen LogP contribution in [0.5, 0.6) is 0 Å². The second-order valence-corrected chi connectivity index (χ2v) is 4.46. The summed E-state index contributed by atoms with van der Waals surface area (Å²) in [4.78, 5) is 11.3. The van der Waals surface area contributed by atoms with Crippen LogP contribution in [0.25, 0.3) is 11.0 Å². The first-order valence-electron chi connectivity index (χ1n) is 6.23. The number of anilines is 1. The lowest BCUT2D eigenvalue weighted by atomic mass is 10.2. The van der Waals surface area contributed by atoms with E-state index in [1.807, 2.05) is 24.3 Å². The number of para-hydroxylation sites is 1. The zero-order chi connectivity index (χ0) is 13.9. The molecule has 0 aliphatic carbocycles. The number of rotatable bonds is 3. The summed E-state index contributed by atoms with van der Waals surface area (Å²) in [6, 6.07) is 15.0. The largest absolute Gasteiger partial charge is 0.421 e. The van der Waals surface area contributed by atoms with Crippen molar-refractivity contribution in [2.45, 2.75) is 6.54 Å². The highest BCUT2D eigenvalue weighted by Crippen LogP contribution is 2.22. The van der Waals surface area contributed by atoms with Crippen molar-refractivity contribution >= 4 is 16.7 Å². The van der Waals surface area contributed by atoms with Crippen molar-refractivity contribution in [3.05, 3.63) is 76.4 Å². The quantitative estimate of drug-likeness (QED) is 0.739. The van der Waals surface area contributed by atoms with E-state index in [0.717, 1.165) is 10.9 Å². The number of hydrogen-bond donors (Lipinski definition) is 1. The Labute approximate surface area is 114 Å². The molecule has 0 aliphatic rings. The molecule has 0 saturated carbocycles. The number of hydrogen-bond acceptors (Lipinski definition) is 3. The first-order chi connectivity index (χ1) is 9.72. The van der Waals surface area contributed by atoms with E-state index in [-0.39, 0.29) is 5.82 Å². The smallest absolute Gasteiger partial charge is 0.336 e. The summed E-state index contributed by atoms with van der Waals surface area (Å²) in [6.45, 7) is 0.454. The van der Waals surface area contributed by atoms with Crippen LogP contribution in [-0.4, -0.2) is 0 Å². The number of benzene rings is 2. The molecule has 0 saturated heterocycles. The highest BCUT2D eigenvalue weighted by atomic mass is 19.1. The molecule has 20 heavy (non-hydrogen) atoms. The van der Waals surface area contributed by atoms with Gasteiger partial charge in [-0.2, -0.15) is 0 Å². The van der Waals surface area contributed by atoms with Crippen LogP contribution in [0, 0.1) is 5.82 Å². The maximum atomic E-state index is 13.1. The van der Waals surface area contributed by atoms with Crippen LogP contribution in [-0.2, 0) is 6.54 Å². The van der Waals surface area contributed by atoms with E-state index in [4.69, 9.17) is 4.42 Å². The summed E-state index contributed by atoms with van der Waals surface area (Å²) >= 11 is 0. The Bertz CT molecular complexity index is 811. The summed E-state index contributed by atoms with van der Waals surface area (Å²) in [5.74, 6) is -0.270. The third-order valence-corrected chi connectivity index (χ3v) is 3.02. The van der Waals surface area contributed by atoms with E-state index in [2.05, 4.69) is 5.32 Å². The van der Waals surface area contributed by atoms with Crippen LogP contribution in [0.3, 0.4) is 0 Å². The Morgan fingerprint density at radius 2 is 1.90 bits per heavy atom. The minimum atomic E-state index is -0.391. The molecule has 0 amide bonds. The molecule has 0 aliphatic heterocycles. The van der Waals surface area contributed by atoms with Gasteiger partial charge >= 0.3 is 5.63 Å². The number of halogens is 1. The fourth-order valence-electron chi connectivity index (χ4n) is 2.08. The van der Waals surface area contributed by atoms with Crippen LogP contribution < -0.4 is 10.9 Å². The third-order valence-electron chi connectivity index (χ3n) is 3.02. The lowest BCUT2D eigenvalue weighted by molar-refractivity contribution is 0.562. The summed E-state index contributed by atoms with van der Waals surface area (Å²) in [6.07, 6.45) is 0. The lowest BCUT2D eigenvalue weighted by Gasteiger charge is -2.08. The van der Waals surface area contributed by atoms with E-state index in [0.29, 0.717) is 17.8 Å². The van der Waals surface area contributed by atoms with Gasteiger partial charge in [-0.1, -0.05) is 24.3 Å². The molecule has 1 aromatic heterocycles. The van der Waals surface area contributed by atoms with Crippen molar-refractivity contribution in [2.24, 2.45) is 0 Å². The minimum Gasteiger partial charge on any atom is -0.421 e. The molecule has 3 nitrogen and oxygen atoms in total. The molecule has 100 valence electrons. The molecule has 0 fully saturated rings. The molecule has 0 bridgehead atoms. The Hall–Kier alpha value is -2.62. The molecular formula is C16H12FNO2. The van der Waals surface area contributed by atoms with E-state index < -0.39 is 5.63 Å². The zero-order valence-corrected chi connectivity index (χ0v) is 10.6. The summed E-state index contributed by atoms with van der Waals surface area (Å²) in [5, 5.41) is 4.00. The predicted octanol–water partition coefficient (Wildman–Crippen LogP) is 3.54. The molecule has 0 unspecified atom stereocenters. The molecule has 0 atom stereocenters. The van der Waals surface area contributed by atoms with Crippen molar-refractivity contribution < 1.29 is 8.81 Å². The summed E-state index contributed by atoms with van der Waals surface area (Å²) in [5.41, 5.74) is 1.65. The predicted molar refractivity (Wildman–Crippen MR) is 76.2 cm³/mol. The summed E-state index contributed by atoms with van der Waals surface area (Å²) in [7, 11) is 0. The standard InChI is InChI=1S/C16H12FNO2/c17-13-5-1-3-11(9-13)10-18-14-6-2-4-12-7-8-15(19)20-16(12)14/h1-9,18H,10H2. The number of nitrogens with one attached hydrogen (secondary N) is 1. The molecule has 1 heterocycles. The highest BCUT2D eigenvalue weighted by molar-refractivity contribution is 5.88. The van der Waals surface area contributed by atoms with Gasteiger partial charge in [-0.05, 0) is 29.8 Å². The van der Waals surface area contributed by atoms with Gasteiger partial charge in [0.1, 0.15) is 5.82 Å². The van der Waals surface area contributed by atoms with Crippen LogP contribution in [0.1, 0.15) is 5.56 Å². The Balaban J connectivity index is 1.91. The van der Waals surface area contributed by atoms with Gasteiger partial charge in [-0.25, -0.2) is 9.18 Å². The second kappa shape index (κ2) is 5.17. The molecule has 2 aromatic carbocycles. The first kappa shape index (κ1) is 12.4. The van der Waals surface area contributed by atoms with E-state index in [1.54, 1.807) is 12.1 Å². The van der Waals surface area contributed by atoms with Crippen LogP contribution in [0.2, 0.25) is 0 Å². The lowest BCUT2D eigenvalue weighted by Crippen LogP contribution is -2.02. The average Bonchev–Trinajstić information content (AvgIpc) is 2.45. The van der Waals surface area contributed by atoms with Gasteiger partial charge < -0.3 is 9.73 Å². The third kappa shape index (κ3) is 2.54. The van der Waals surface area contributed by atoms with Gasteiger partial charge in [-0.3, -0.25) is 0 Å². The Morgan fingerprint density at radius 3 is 2.75 bits per heavy atom. The Morgan fingerprint density at radius 1 is 1.05 bits per heavy atom. The van der Waals surface area contributed by atoms with Crippen molar-refractivity contribution in [2.75, 3.05) is 5.32 Å². The molecule has 4 heteroatoms. The molecule has 3 aromatic rings. The zero-order valence-electron chi connectivity index (χ0n) is 10.6. The van der Waals surface area contributed by atoms with Crippen LogP contribution in [0.15, 0.2) is 63.8 Å². The van der Waals surface area contributed by atoms with Crippen molar-refractivity contribution in [1.29, 1.82) is 0 Å². The van der Waals surface area contributed by atoms with Gasteiger partial charge in [0.15, 0.2) is 5.58 Å². The van der Waals surface area contributed by atoms with Crippen LogP contribution >= 0.6 is 0 Å². The van der Waals surface area contributed by atoms with Gasteiger partial charge in [0.05, 0.1) is 5.69 Å². The molecule has 0 radical (unpaired) electrons. The second-order valence-electron chi connectivity index (χ2n) is 4.46. The van der Waals surface area contributed by atoms with Crippen molar-refractivity contribution in [1.82, 2.24) is 0 Å². The monoisotopic (exact) mass is 269 g/mol. The fraction of sp³-hybridized carbons (Fsp3) is 0.0625. The maximum Gasteiger partial charge on any atom is 0.336 e. The highest BCUT2D eigenvalue weighted by Gasteiger charge is 2.04. The van der Waals surface area contributed by atoms with E-state index in [1.165, 1.54) is 18.2 Å². The van der Waals surface area contributed by atoms with Gasteiger partial charge in [-0.15, -0.1) is 0 Å². The van der Waals surface area contributed by atoms with Crippen molar-refractivity contribution in [3.8, 4) is 0 Å². The van der Waals surface area contributed by atoms with Gasteiger partial charge in [0.25, 0.3) is 0 Å². The Kier molecular flexibility index (Phi) is 3.21.